The number of carbonyl (C=O) groups is 1. The molecule has 1 nitrogen and oxygen atoms in total. The van der Waals surface area contributed by atoms with Crippen LogP contribution in [-0.4, -0.2) is 5.78 Å². The average Bonchev–Trinajstić information content (AvgIpc) is 1.85. The molecule has 0 spiro atoms. The predicted octanol–water partition coefficient (Wildman–Crippen LogP) is 2.96. The summed E-state index contributed by atoms with van der Waals surface area (Å²) in [6.45, 7) is 11.3. The van der Waals surface area contributed by atoms with Crippen LogP contribution in [0.5, 0.6) is 0 Å². The van der Waals surface area contributed by atoms with Crippen molar-refractivity contribution in [2.24, 2.45) is 0 Å². The van der Waals surface area contributed by atoms with E-state index in [-0.39, 0.29) is 0 Å². The van der Waals surface area contributed by atoms with Gasteiger partial charge in [-0.1, -0.05) is 19.4 Å². The highest BCUT2D eigenvalue weighted by atomic mass is 16.1. The van der Waals surface area contributed by atoms with Gasteiger partial charge in [0.15, 0.2) is 0 Å². The maximum absolute atomic E-state index is 10.2. The first-order chi connectivity index (χ1) is 4.54. The third-order valence-electron chi connectivity index (χ3n) is 0.789. The van der Waals surface area contributed by atoms with Gasteiger partial charge in [-0.05, 0) is 13.8 Å². The molecule has 1 heteroatoms. The zero-order valence-corrected chi connectivity index (χ0v) is 7.53. The minimum atomic E-state index is 0.343. The summed E-state index contributed by atoms with van der Waals surface area (Å²) < 4.78 is 0. The smallest absolute Gasteiger partial charge is 0.132 e. The number of hydrogen-bond donors (Lipinski definition) is 0. The van der Waals surface area contributed by atoms with Crippen molar-refractivity contribution in [1.29, 1.82) is 0 Å². The maximum Gasteiger partial charge on any atom is 0.132 e. The third-order valence-corrected chi connectivity index (χ3v) is 0.789. The lowest BCUT2D eigenvalue weighted by Crippen LogP contribution is -1.88. The Kier molecular flexibility index (Phi) is 10.2. The summed E-state index contributed by atoms with van der Waals surface area (Å²) in [6, 6.07) is 0. The zero-order chi connectivity index (χ0) is 8.57. The van der Waals surface area contributed by atoms with Crippen LogP contribution in [0.25, 0.3) is 0 Å². The summed E-state index contributed by atoms with van der Waals surface area (Å²) in [4.78, 5) is 10.2. The molecule has 0 aromatic rings. The van der Waals surface area contributed by atoms with Crippen LogP contribution < -0.4 is 0 Å². The monoisotopic (exact) mass is 142 g/mol. The molecule has 0 aromatic carbocycles. The lowest BCUT2D eigenvalue weighted by molar-refractivity contribution is -0.118. The van der Waals surface area contributed by atoms with Gasteiger partial charge >= 0.3 is 0 Å². The second-order valence-corrected chi connectivity index (χ2v) is 2.45. The summed E-state index contributed by atoms with van der Waals surface area (Å²) in [7, 11) is 0. The van der Waals surface area contributed by atoms with Gasteiger partial charge in [-0.15, -0.1) is 6.58 Å². The highest BCUT2D eigenvalue weighted by Crippen LogP contribution is 1.83. The molecule has 0 rings (SSSR count). The molecule has 60 valence electrons. The Morgan fingerprint density at radius 1 is 1.20 bits per heavy atom. The van der Waals surface area contributed by atoms with Crippen LogP contribution in [0.2, 0.25) is 0 Å². The Balaban J connectivity index is 0. The quantitative estimate of drug-likeness (QED) is 0.542. The van der Waals surface area contributed by atoms with Gasteiger partial charge in [0, 0.05) is 12.8 Å². The van der Waals surface area contributed by atoms with Gasteiger partial charge in [0.2, 0.25) is 0 Å². The molecule has 0 aromatic heterocycles. The highest BCUT2D eigenvalue weighted by Gasteiger charge is 1.86. The fourth-order valence-corrected chi connectivity index (χ4v) is 0.250. The number of Topliss-reactive ketones (excluding diaryl/α,β-unsaturated/α-hetero) is 1. The molecule has 0 unspecified atom stereocenters. The number of carbonyl (C=O) groups excluding carboxylic acids is 1. The van der Waals surface area contributed by atoms with Crippen molar-refractivity contribution in [2.45, 2.75) is 40.5 Å². The summed E-state index contributed by atoms with van der Waals surface area (Å²) in [5, 5.41) is 0. The Bertz CT molecular complexity index is 93.3. The van der Waals surface area contributed by atoms with Crippen LogP contribution in [0, 0.1) is 0 Å². The number of rotatable bonds is 2. The molecule has 0 fully saturated rings. The molecule has 0 saturated heterocycles. The van der Waals surface area contributed by atoms with Gasteiger partial charge in [-0.25, -0.2) is 0 Å². The minimum absolute atomic E-state index is 0.343. The Labute approximate surface area is 64.1 Å². The van der Waals surface area contributed by atoms with Crippen LogP contribution in [0.15, 0.2) is 12.2 Å². The fraction of sp³-hybridized carbons (Fsp3) is 0.667. The Hall–Kier alpha value is -0.590. The second kappa shape index (κ2) is 8.41. The Morgan fingerprint density at radius 2 is 1.40 bits per heavy atom. The van der Waals surface area contributed by atoms with Crippen molar-refractivity contribution in [3.63, 3.8) is 0 Å². The lowest BCUT2D eigenvalue weighted by Gasteiger charge is -1.81. The molecule has 0 bridgehead atoms. The van der Waals surface area contributed by atoms with E-state index in [2.05, 4.69) is 6.58 Å². The van der Waals surface area contributed by atoms with E-state index in [1.807, 2.05) is 27.7 Å². The van der Waals surface area contributed by atoms with Gasteiger partial charge in [0.1, 0.15) is 5.78 Å². The van der Waals surface area contributed by atoms with Gasteiger partial charge in [0.05, 0.1) is 0 Å². The Morgan fingerprint density at radius 3 is 1.40 bits per heavy atom. The van der Waals surface area contributed by atoms with E-state index in [0.29, 0.717) is 18.6 Å². The largest absolute Gasteiger partial charge is 0.300 e. The first-order valence-electron chi connectivity index (χ1n) is 3.68. The topological polar surface area (TPSA) is 17.1 Å². The number of allylic oxidation sites excluding steroid dienone is 1. The normalized spacial score (nSPS) is 7.60. The summed E-state index contributed by atoms with van der Waals surface area (Å²) in [5.74, 6) is 0.343. The molecular weight excluding hydrogens is 124 g/mol. The van der Waals surface area contributed by atoms with E-state index in [9.17, 15) is 4.79 Å². The van der Waals surface area contributed by atoms with Crippen molar-refractivity contribution in [3.05, 3.63) is 12.2 Å². The average molecular weight is 142 g/mol. The van der Waals surface area contributed by atoms with E-state index in [0.717, 1.165) is 0 Å². The molecular formula is C9H18O. The summed E-state index contributed by atoms with van der Waals surface area (Å²) >= 11 is 0. The van der Waals surface area contributed by atoms with E-state index >= 15 is 0 Å². The van der Waals surface area contributed by atoms with Gasteiger partial charge < -0.3 is 0 Å². The molecule has 0 radical (unpaired) electrons. The first-order valence-corrected chi connectivity index (χ1v) is 3.68. The van der Waals surface area contributed by atoms with Crippen LogP contribution in [-0.2, 0) is 4.79 Å². The van der Waals surface area contributed by atoms with E-state index in [4.69, 9.17) is 0 Å². The van der Waals surface area contributed by atoms with Gasteiger partial charge in [0.25, 0.3) is 0 Å². The minimum Gasteiger partial charge on any atom is -0.300 e. The zero-order valence-electron chi connectivity index (χ0n) is 7.53. The van der Waals surface area contributed by atoms with E-state index < -0.39 is 0 Å². The molecule has 0 saturated carbocycles. The molecule has 0 amide bonds. The third kappa shape index (κ3) is 26.2. The van der Waals surface area contributed by atoms with Crippen molar-refractivity contribution in [3.8, 4) is 0 Å². The predicted molar refractivity (Wildman–Crippen MR) is 46.1 cm³/mol. The maximum atomic E-state index is 10.2. The van der Waals surface area contributed by atoms with Gasteiger partial charge in [-0.2, -0.15) is 0 Å². The summed E-state index contributed by atoms with van der Waals surface area (Å²) in [6.07, 6.45) is 1.38. The second-order valence-electron chi connectivity index (χ2n) is 2.45. The van der Waals surface area contributed by atoms with E-state index in [1.165, 1.54) is 5.57 Å². The van der Waals surface area contributed by atoms with Crippen molar-refractivity contribution in [2.75, 3.05) is 0 Å². The molecule has 0 N–H and O–H groups in total. The van der Waals surface area contributed by atoms with Gasteiger partial charge in [-0.3, -0.25) is 4.79 Å². The molecule has 10 heavy (non-hydrogen) atoms. The first kappa shape index (κ1) is 12.1. The molecule has 0 aliphatic rings. The summed E-state index contributed by atoms with van der Waals surface area (Å²) in [5.41, 5.74) is 1.17. The standard InChI is InChI=1S/C5H10O.C4H8/c1-3-5(6)4-2;1-4(2)3/h3-4H2,1-2H3;1H2,2-3H3. The van der Waals surface area contributed by atoms with Crippen LogP contribution in [0.3, 0.4) is 0 Å². The van der Waals surface area contributed by atoms with Crippen LogP contribution in [0.1, 0.15) is 40.5 Å². The SMILES string of the molecule is C=C(C)C.CCC(=O)CC. The van der Waals surface area contributed by atoms with Crippen LogP contribution >= 0.6 is 0 Å². The molecule has 0 aliphatic heterocycles. The highest BCUT2D eigenvalue weighted by molar-refractivity contribution is 5.77. The van der Waals surface area contributed by atoms with E-state index in [1.54, 1.807) is 0 Å². The van der Waals surface area contributed by atoms with Crippen molar-refractivity contribution >= 4 is 5.78 Å². The molecule has 0 heterocycles. The van der Waals surface area contributed by atoms with Crippen molar-refractivity contribution in [1.82, 2.24) is 0 Å². The lowest BCUT2D eigenvalue weighted by atomic mass is 10.3. The van der Waals surface area contributed by atoms with Crippen LogP contribution in [0.4, 0.5) is 0 Å². The number of hydrogen-bond acceptors (Lipinski definition) is 1. The molecule has 0 aliphatic carbocycles. The van der Waals surface area contributed by atoms with Crippen molar-refractivity contribution < 1.29 is 4.79 Å². The number of ketones is 1. The molecule has 0 atom stereocenters. The fourth-order valence-electron chi connectivity index (χ4n) is 0.250.